The van der Waals surface area contributed by atoms with Crippen molar-refractivity contribution in [3.63, 3.8) is 0 Å². The maximum Gasteiger partial charge on any atom is 0.210 e. The van der Waals surface area contributed by atoms with Crippen LogP contribution in [0.5, 0.6) is 0 Å². The molecule has 0 spiro atoms. The third-order valence-corrected chi connectivity index (χ3v) is 2.45. The molecule has 0 saturated heterocycles. The van der Waals surface area contributed by atoms with E-state index in [0.29, 0.717) is 13.0 Å². The van der Waals surface area contributed by atoms with E-state index in [1.165, 1.54) is 11.4 Å². The van der Waals surface area contributed by atoms with Gasteiger partial charge < -0.3 is 0 Å². The SMILES string of the molecule is C#CCCN(C)S(C)(=O)=O. The van der Waals surface area contributed by atoms with Gasteiger partial charge in [0.25, 0.3) is 0 Å². The van der Waals surface area contributed by atoms with Gasteiger partial charge >= 0.3 is 0 Å². The van der Waals surface area contributed by atoms with Gasteiger partial charge in [0, 0.05) is 20.0 Å². The van der Waals surface area contributed by atoms with Crippen LogP contribution in [-0.2, 0) is 10.0 Å². The second-order valence-electron chi connectivity index (χ2n) is 2.04. The lowest BCUT2D eigenvalue weighted by molar-refractivity contribution is 0.482. The van der Waals surface area contributed by atoms with E-state index in [1.807, 2.05) is 0 Å². The summed E-state index contributed by atoms with van der Waals surface area (Å²) < 4.78 is 22.6. The van der Waals surface area contributed by atoms with Crippen LogP contribution in [0.3, 0.4) is 0 Å². The van der Waals surface area contributed by atoms with Gasteiger partial charge in [-0.2, -0.15) is 0 Å². The quantitative estimate of drug-likeness (QED) is 0.542. The smallest absolute Gasteiger partial charge is 0.210 e. The minimum atomic E-state index is -3.04. The Balaban J connectivity index is 3.90. The van der Waals surface area contributed by atoms with Crippen LogP contribution in [0.1, 0.15) is 6.42 Å². The average Bonchev–Trinajstić information content (AvgIpc) is 1.80. The number of hydrogen-bond acceptors (Lipinski definition) is 2. The first-order valence-electron chi connectivity index (χ1n) is 2.83. The Morgan fingerprint density at radius 1 is 1.60 bits per heavy atom. The predicted octanol–water partition coefficient (Wildman–Crippen LogP) is -0.0989. The molecule has 0 aliphatic rings. The highest BCUT2D eigenvalue weighted by Gasteiger charge is 2.08. The largest absolute Gasteiger partial charge is 0.213 e. The van der Waals surface area contributed by atoms with Gasteiger partial charge in [-0.05, 0) is 0 Å². The first-order valence-corrected chi connectivity index (χ1v) is 4.68. The molecule has 0 aliphatic carbocycles. The molecule has 0 fully saturated rings. The van der Waals surface area contributed by atoms with Crippen LogP contribution in [0.2, 0.25) is 0 Å². The highest BCUT2D eigenvalue weighted by atomic mass is 32.2. The van der Waals surface area contributed by atoms with Crippen LogP contribution < -0.4 is 0 Å². The fraction of sp³-hybridized carbons (Fsp3) is 0.667. The van der Waals surface area contributed by atoms with Gasteiger partial charge in [-0.1, -0.05) is 0 Å². The number of hydrogen-bond donors (Lipinski definition) is 0. The first-order chi connectivity index (χ1) is 4.48. The van der Waals surface area contributed by atoms with Crippen LogP contribution in [0, 0.1) is 12.3 Å². The van der Waals surface area contributed by atoms with Crippen LogP contribution in [0.4, 0.5) is 0 Å². The van der Waals surface area contributed by atoms with Crippen LogP contribution in [-0.4, -0.2) is 32.6 Å². The summed E-state index contributed by atoms with van der Waals surface area (Å²) in [6, 6.07) is 0. The zero-order valence-electron chi connectivity index (χ0n) is 6.16. The van der Waals surface area contributed by atoms with Gasteiger partial charge in [0.05, 0.1) is 6.26 Å². The summed E-state index contributed by atoms with van der Waals surface area (Å²) in [6.45, 7) is 0.398. The van der Waals surface area contributed by atoms with Gasteiger partial charge in [0.1, 0.15) is 0 Å². The second-order valence-corrected chi connectivity index (χ2v) is 4.13. The molecule has 0 N–H and O–H groups in total. The van der Waals surface area contributed by atoms with Crippen molar-refractivity contribution in [3.05, 3.63) is 0 Å². The molecule has 58 valence electrons. The maximum absolute atomic E-state index is 10.7. The molecule has 0 bridgehead atoms. The minimum absolute atomic E-state index is 0.398. The lowest BCUT2D eigenvalue weighted by Gasteiger charge is -2.10. The maximum atomic E-state index is 10.7. The monoisotopic (exact) mass is 161 g/mol. The van der Waals surface area contributed by atoms with Crippen LogP contribution >= 0.6 is 0 Å². The Morgan fingerprint density at radius 2 is 2.10 bits per heavy atom. The molecule has 0 rings (SSSR count). The number of nitrogens with zero attached hydrogens (tertiary/aromatic N) is 1. The standard InChI is InChI=1S/C6H11NO2S/c1-4-5-6-7(2)10(3,8)9/h1H,5-6H2,2-3H3. The van der Waals surface area contributed by atoms with E-state index < -0.39 is 10.0 Å². The van der Waals surface area contributed by atoms with Gasteiger partial charge in [0.15, 0.2) is 0 Å². The third kappa shape index (κ3) is 3.49. The zero-order chi connectivity index (χ0) is 8.20. The molecule has 0 atom stereocenters. The molecule has 0 aromatic carbocycles. The third-order valence-electron chi connectivity index (χ3n) is 1.14. The zero-order valence-corrected chi connectivity index (χ0v) is 6.98. The molecule has 0 heterocycles. The van der Waals surface area contributed by atoms with Crippen LogP contribution in [0.25, 0.3) is 0 Å². The first kappa shape index (κ1) is 9.47. The lowest BCUT2D eigenvalue weighted by Crippen LogP contribution is -2.26. The fourth-order valence-corrected chi connectivity index (χ4v) is 0.811. The molecular weight excluding hydrogens is 150 g/mol. The van der Waals surface area contributed by atoms with E-state index >= 15 is 0 Å². The molecule has 4 heteroatoms. The Labute approximate surface area is 62.1 Å². The van der Waals surface area contributed by atoms with Crippen molar-refractivity contribution < 1.29 is 8.42 Å². The van der Waals surface area contributed by atoms with E-state index in [0.717, 1.165) is 6.26 Å². The molecule has 0 radical (unpaired) electrons. The summed E-state index contributed by atoms with van der Waals surface area (Å²) in [4.78, 5) is 0. The summed E-state index contributed by atoms with van der Waals surface area (Å²) in [6.07, 6.45) is 6.57. The molecular formula is C6H11NO2S. The molecule has 3 nitrogen and oxygen atoms in total. The van der Waals surface area contributed by atoms with E-state index in [2.05, 4.69) is 5.92 Å². The van der Waals surface area contributed by atoms with E-state index in [1.54, 1.807) is 0 Å². The van der Waals surface area contributed by atoms with E-state index in [-0.39, 0.29) is 0 Å². The normalized spacial score (nSPS) is 11.4. The van der Waals surface area contributed by atoms with Crippen molar-refractivity contribution in [2.75, 3.05) is 19.8 Å². The van der Waals surface area contributed by atoms with E-state index in [4.69, 9.17) is 6.42 Å². The molecule has 0 unspecified atom stereocenters. The van der Waals surface area contributed by atoms with Gasteiger partial charge in [0.2, 0.25) is 10.0 Å². The number of rotatable bonds is 3. The van der Waals surface area contributed by atoms with Crippen molar-refractivity contribution in [2.45, 2.75) is 6.42 Å². The van der Waals surface area contributed by atoms with Crippen molar-refractivity contribution in [1.82, 2.24) is 4.31 Å². The van der Waals surface area contributed by atoms with E-state index in [9.17, 15) is 8.42 Å². The van der Waals surface area contributed by atoms with Gasteiger partial charge in [-0.15, -0.1) is 12.3 Å². The highest BCUT2D eigenvalue weighted by molar-refractivity contribution is 7.88. The second kappa shape index (κ2) is 3.59. The van der Waals surface area contributed by atoms with Crippen molar-refractivity contribution in [3.8, 4) is 12.3 Å². The van der Waals surface area contributed by atoms with Gasteiger partial charge in [-0.25, -0.2) is 12.7 Å². The Morgan fingerprint density at radius 3 is 2.40 bits per heavy atom. The summed E-state index contributed by atoms with van der Waals surface area (Å²) in [5, 5.41) is 0. The summed E-state index contributed by atoms with van der Waals surface area (Å²) >= 11 is 0. The Bertz CT molecular complexity index is 225. The van der Waals surface area contributed by atoms with Gasteiger partial charge in [-0.3, -0.25) is 0 Å². The Hall–Kier alpha value is -0.530. The molecule has 10 heavy (non-hydrogen) atoms. The molecule has 0 amide bonds. The number of terminal acetylenes is 1. The number of sulfonamides is 1. The molecule has 0 aromatic heterocycles. The lowest BCUT2D eigenvalue weighted by atomic mass is 10.4. The summed E-state index contributed by atoms with van der Waals surface area (Å²) in [5.41, 5.74) is 0. The molecule has 0 aromatic rings. The highest BCUT2D eigenvalue weighted by Crippen LogP contribution is 1.92. The molecule has 0 saturated carbocycles. The minimum Gasteiger partial charge on any atom is -0.213 e. The Kier molecular flexibility index (Phi) is 3.40. The average molecular weight is 161 g/mol. The topological polar surface area (TPSA) is 37.4 Å². The summed E-state index contributed by atoms with van der Waals surface area (Å²) in [5.74, 6) is 2.36. The molecule has 0 aliphatic heterocycles. The van der Waals surface area contributed by atoms with Crippen molar-refractivity contribution in [2.24, 2.45) is 0 Å². The van der Waals surface area contributed by atoms with Crippen molar-refractivity contribution >= 4 is 10.0 Å². The van der Waals surface area contributed by atoms with Crippen LogP contribution in [0.15, 0.2) is 0 Å². The summed E-state index contributed by atoms with van der Waals surface area (Å²) in [7, 11) is -1.53. The predicted molar refractivity (Wildman–Crippen MR) is 40.9 cm³/mol. The van der Waals surface area contributed by atoms with Crippen molar-refractivity contribution in [1.29, 1.82) is 0 Å². The fourth-order valence-electron chi connectivity index (χ4n) is 0.388.